The highest BCUT2D eigenvalue weighted by atomic mass is 16.4. The predicted molar refractivity (Wildman–Crippen MR) is 118 cm³/mol. The van der Waals surface area contributed by atoms with Crippen LogP contribution in [0.5, 0.6) is 0 Å². The van der Waals surface area contributed by atoms with Gasteiger partial charge in [-0.15, -0.1) is 0 Å². The molecule has 0 rings (SSSR count). The monoisotopic (exact) mass is 400 g/mol. The standard InChI is InChI=1S/C24H48O4/c25-22-23(26)20-18-16-14-12-10-8-6-4-2-1-3-5-7-9-11-13-15-17-19-21-24(27)28/h23,25-26H,1-22H2,(H,27,28). The van der Waals surface area contributed by atoms with Crippen molar-refractivity contribution in [3.8, 4) is 0 Å². The maximum atomic E-state index is 10.4. The lowest BCUT2D eigenvalue weighted by atomic mass is 10.0. The molecule has 0 aromatic heterocycles. The van der Waals surface area contributed by atoms with Crippen LogP contribution in [-0.2, 0) is 4.79 Å². The molecule has 0 aliphatic heterocycles. The normalized spacial score (nSPS) is 12.4. The van der Waals surface area contributed by atoms with E-state index < -0.39 is 12.1 Å². The largest absolute Gasteiger partial charge is 0.481 e. The first-order valence-electron chi connectivity index (χ1n) is 12.2. The van der Waals surface area contributed by atoms with E-state index in [1.54, 1.807) is 0 Å². The van der Waals surface area contributed by atoms with Crippen molar-refractivity contribution in [2.24, 2.45) is 0 Å². The Hall–Kier alpha value is -0.610. The summed E-state index contributed by atoms with van der Waals surface area (Å²) in [6.45, 7) is -0.0996. The quantitative estimate of drug-likeness (QED) is 0.168. The van der Waals surface area contributed by atoms with Crippen molar-refractivity contribution >= 4 is 5.97 Å². The molecule has 0 heterocycles. The van der Waals surface area contributed by atoms with Crippen LogP contribution in [0.3, 0.4) is 0 Å². The molecule has 0 bridgehead atoms. The summed E-state index contributed by atoms with van der Waals surface area (Å²) in [7, 11) is 0. The van der Waals surface area contributed by atoms with Gasteiger partial charge in [0.2, 0.25) is 0 Å². The van der Waals surface area contributed by atoms with Crippen molar-refractivity contribution in [2.75, 3.05) is 6.61 Å². The molecule has 28 heavy (non-hydrogen) atoms. The topological polar surface area (TPSA) is 77.8 Å². The van der Waals surface area contributed by atoms with Crippen molar-refractivity contribution in [1.82, 2.24) is 0 Å². The Morgan fingerprint density at radius 3 is 1.11 bits per heavy atom. The highest BCUT2D eigenvalue weighted by molar-refractivity contribution is 5.66. The lowest BCUT2D eigenvalue weighted by Crippen LogP contribution is -2.10. The summed E-state index contributed by atoms with van der Waals surface area (Å²) < 4.78 is 0. The highest BCUT2D eigenvalue weighted by Crippen LogP contribution is 2.15. The Morgan fingerprint density at radius 1 is 0.536 bits per heavy atom. The maximum absolute atomic E-state index is 10.4. The summed E-state index contributed by atoms with van der Waals surface area (Å²) in [5.74, 6) is -0.663. The van der Waals surface area contributed by atoms with E-state index in [4.69, 9.17) is 10.2 Å². The van der Waals surface area contributed by atoms with Crippen LogP contribution in [0.25, 0.3) is 0 Å². The van der Waals surface area contributed by atoms with Crippen LogP contribution in [0.15, 0.2) is 0 Å². The third kappa shape index (κ3) is 23.4. The van der Waals surface area contributed by atoms with Crippen LogP contribution in [0.4, 0.5) is 0 Å². The summed E-state index contributed by atoms with van der Waals surface area (Å²) in [6, 6.07) is 0. The van der Waals surface area contributed by atoms with Gasteiger partial charge in [-0.2, -0.15) is 0 Å². The number of unbranched alkanes of at least 4 members (excludes halogenated alkanes) is 18. The van der Waals surface area contributed by atoms with Gasteiger partial charge in [-0.05, 0) is 12.8 Å². The Bertz CT molecular complexity index is 320. The fourth-order valence-corrected chi connectivity index (χ4v) is 3.75. The Kier molecular flexibility index (Phi) is 22.2. The van der Waals surface area contributed by atoms with Crippen LogP contribution >= 0.6 is 0 Å². The molecule has 168 valence electrons. The van der Waals surface area contributed by atoms with E-state index in [2.05, 4.69) is 0 Å². The van der Waals surface area contributed by atoms with Gasteiger partial charge in [0.1, 0.15) is 0 Å². The van der Waals surface area contributed by atoms with E-state index in [9.17, 15) is 9.90 Å². The molecule has 0 fully saturated rings. The highest BCUT2D eigenvalue weighted by Gasteiger charge is 2.01. The van der Waals surface area contributed by atoms with Gasteiger partial charge in [-0.25, -0.2) is 0 Å². The first-order chi connectivity index (χ1) is 13.7. The zero-order valence-corrected chi connectivity index (χ0v) is 18.4. The number of aliphatic hydroxyl groups excluding tert-OH is 2. The summed E-state index contributed by atoms with van der Waals surface area (Å²) in [6.07, 6.45) is 24.8. The summed E-state index contributed by atoms with van der Waals surface area (Å²) >= 11 is 0. The molecule has 0 aromatic rings. The van der Waals surface area contributed by atoms with Gasteiger partial charge >= 0.3 is 5.97 Å². The molecule has 0 amide bonds. The number of carboxylic acid groups (broad SMARTS) is 1. The van der Waals surface area contributed by atoms with E-state index in [-0.39, 0.29) is 6.61 Å². The number of rotatable bonds is 23. The summed E-state index contributed by atoms with van der Waals surface area (Å²) in [5, 5.41) is 26.6. The average molecular weight is 401 g/mol. The molecule has 0 aromatic carbocycles. The Balaban J connectivity index is 3.02. The average Bonchev–Trinajstić information content (AvgIpc) is 2.68. The Morgan fingerprint density at radius 2 is 0.821 bits per heavy atom. The van der Waals surface area contributed by atoms with Gasteiger partial charge in [0, 0.05) is 6.42 Å². The number of carbonyl (C=O) groups is 1. The molecular weight excluding hydrogens is 352 g/mol. The third-order valence-electron chi connectivity index (χ3n) is 5.64. The second-order valence-electron chi connectivity index (χ2n) is 8.49. The second-order valence-corrected chi connectivity index (χ2v) is 8.49. The molecule has 0 aliphatic carbocycles. The van der Waals surface area contributed by atoms with E-state index in [1.807, 2.05) is 0 Å². The minimum atomic E-state index is -0.663. The maximum Gasteiger partial charge on any atom is 0.303 e. The van der Waals surface area contributed by atoms with Crippen LogP contribution in [0.1, 0.15) is 135 Å². The minimum Gasteiger partial charge on any atom is -0.481 e. The molecule has 0 aliphatic rings. The fraction of sp³-hybridized carbons (Fsp3) is 0.958. The first kappa shape index (κ1) is 27.4. The van der Waals surface area contributed by atoms with Gasteiger partial charge in [0.05, 0.1) is 12.7 Å². The van der Waals surface area contributed by atoms with Crippen LogP contribution in [0, 0.1) is 0 Å². The zero-order valence-electron chi connectivity index (χ0n) is 18.4. The molecule has 0 radical (unpaired) electrons. The lowest BCUT2D eigenvalue weighted by molar-refractivity contribution is -0.137. The van der Waals surface area contributed by atoms with E-state index in [1.165, 1.54) is 103 Å². The van der Waals surface area contributed by atoms with Crippen LogP contribution < -0.4 is 0 Å². The van der Waals surface area contributed by atoms with Crippen molar-refractivity contribution in [2.45, 2.75) is 141 Å². The molecule has 3 N–H and O–H groups in total. The SMILES string of the molecule is O=C(O)CCCCCCCCCCCCCCCCCCCCCC(O)CO. The molecule has 1 atom stereocenters. The third-order valence-corrected chi connectivity index (χ3v) is 5.64. The number of carboxylic acids is 1. The molecule has 4 heteroatoms. The van der Waals surface area contributed by atoms with Gasteiger partial charge in [0.25, 0.3) is 0 Å². The van der Waals surface area contributed by atoms with Gasteiger partial charge in [-0.3, -0.25) is 4.79 Å². The first-order valence-corrected chi connectivity index (χ1v) is 12.2. The number of aliphatic carboxylic acids is 1. The van der Waals surface area contributed by atoms with Crippen LogP contribution in [0.2, 0.25) is 0 Å². The number of aliphatic hydroxyl groups is 2. The van der Waals surface area contributed by atoms with Crippen molar-refractivity contribution in [1.29, 1.82) is 0 Å². The molecule has 0 spiro atoms. The van der Waals surface area contributed by atoms with Gasteiger partial charge in [-0.1, -0.05) is 116 Å². The summed E-state index contributed by atoms with van der Waals surface area (Å²) in [4.78, 5) is 10.4. The van der Waals surface area contributed by atoms with Crippen molar-refractivity contribution in [3.63, 3.8) is 0 Å². The van der Waals surface area contributed by atoms with Gasteiger partial charge in [0.15, 0.2) is 0 Å². The lowest BCUT2D eigenvalue weighted by Gasteiger charge is -2.06. The van der Waals surface area contributed by atoms with E-state index in [0.29, 0.717) is 6.42 Å². The fourth-order valence-electron chi connectivity index (χ4n) is 3.75. The van der Waals surface area contributed by atoms with E-state index in [0.717, 1.165) is 25.7 Å². The number of hydrogen-bond acceptors (Lipinski definition) is 3. The molecule has 1 unspecified atom stereocenters. The molecular formula is C24H48O4. The number of hydrogen-bond donors (Lipinski definition) is 3. The predicted octanol–water partition coefficient (Wildman–Crippen LogP) is 6.62. The summed E-state index contributed by atoms with van der Waals surface area (Å²) in [5.41, 5.74) is 0. The zero-order chi connectivity index (χ0) is 20.7. The van der Waals surface area contributed by atoms with Crippen molar-refractivity contribution < 1.29 is 20.1 Å². The van der Waals surface area contributed by atoms with Crippen molar-refractivity contribution in [3.05, 3.63) is 0 Å². The molecule has 0 saturated carbocycles. The van der Waals surface area contributed by atoms with Crippen LogP contribution in [-0.4, -0.2) is 34.0 Å². The second kappa shape index (κ2) is 22.7. The molecule has 4 nitrogen and oxygen atoms in total. The van der Waals surface area contributed by atoms with Gasteiger partial charge < -0.3 is 15.3 Å². The minimum absolute atomic E-state index is 0.0996. The smallest absolute Gasteiger partial charge is 0.303 e. The van der Waals surface area contributed by atoms with E-state index >= 15 is 0 Å². The Labute approximate surface area is 174 Å². The molecule has 0 saturated heterocycles.